The van der Waals surface area contributed by atoms with Crippen LogP contribution in [0.5, 0.6) is 5.75 Å². The second-order valence-corrected chi connectivity index (χ2v) is 10.8. The number of pyridine rings is 4. The predicted molar refractivity (Wildman–Crippen MR) is 170 cm³/mol. The summed E-state index contributed by atoms with van der Waals surface area (Å²) in [5.41, 5.74) is 6.53. The highest BCUT2D eigenvalue weighted by Crippen LogP contribution is 2.20. The van der Waals surface area contributed by atoms with Crippen molar-refractivity contribution in [2.75, 3.05) is 26.2 Å². The molecule has 4 aromatic heterocycles. The Morgan fingerprint density at radius 3 is 1.05 bits per heavy atom. The van der Waals surface area contributed by atoms with Crippen LogP contribution in [-0.4, -0.2) is 61.0 Å². The monoisotopic (exact) mass is 572 g/mol. The third-order valence-corrected chi connectivity index (χ3v) is 7.49. The molecule has 5 rings (SSSR count). The number of phenolic OH excluding ortho intramolecular Hbond substituents is 1. The Bertz CT molecular complexity index is 1290. The molecule has 0 aliphatic rings. The van der Waals surface area contributed by atoms with E-state index in [-0.39, 0.29) is 0 Å². The van der Waals surface area contributed by atoms with E-state index in [9.17, 15) is 5.11 Å². The van der Waals surface area contributed by atoms with Gasteiger partial charge in [-0.3, -0.25) is 29.7 Å². The second kappa shape index (κ2) is 16.2. The number of nitrogens with zero attached hydrogens (tertiary/aromatic N) is 6. The first-order valence-corrected chi connectivity index (χ1v) is 15.1. The third kappa shape index (κ3) is 10.4. The van der Waals surface area contributed by atoms with E-state index < -0.39 is 0 Å². The Balaban J connectivity index is 1.28. The van der Waals surface area contributed by atoms with E-state index in [1.165, 1.54) is 0 Å². The van der Waals surface area contributed by atoms with Gasteiger partial charge in [0.05, 0.1) is 0 Å². The van der Waals surface area contributed by atoms with Crippen LogP contribution in [0.25, 0.3) is 0 Å². The van der Waals surface area contributed by atoms with Gasteiger partial charge in [-0.1, -0.05) is 30.3 Å². The first kappa shape index (κ1) is 30.0. The molecule has 1 N–H and O–H groups in total. The van der Waals surface area contributed by atoms with Crippen molar-refractivity contribution in [1.82, 2.24) is 29.7 Å². The minimum Gasteiger partial charge on any atom is -0.508 e. The van der Waals surface area contributed by atoms with Gasteiger partial charge in [-0.2, -0.15) is 0 Å². The van der Waals surface area contributed by atoms with Crippen molar-refractivity contribution in [3.63, 3.8) is 0 Å². The van der Waals surface area contributed by atoms with Crippen molar-refractivity contribution in [3.8, 4) is 5.75 Å². The van der Waals surface area contributed by atoms with Crippen molar-refractivity contribution in [2.24, 2.45) is 0 Å². The normalized spacial score (nSPS) is 11.3. The van der Waals surface area contributed by atoms with Crippen LogP contribution in [0.3, 0.4) is 0 Å². The standard InChI is InChI=1S/C36H40N6O/c43-36-26-30(28-41(21-13-32-9-1-5-17-37-32)22-14-33-10-2-6-18-38-33)25-31(27-36)29-42(23-15-34-11-3-7-19-39-34)24-16-35-12-4-8-20-40-35/h1-12,17-20,25-27,43H,13-16,21-24,28-29H2. The summed E-state index contributed by atoms with van der Waals surface area (Å²) in [6.07, 6.45) is 10.9. The SMILES string of the molecule is Oc1cc(CN(CCc2ccccn2)CCc2ccccn2)cc(CN(CCc2ccccn2)CCc2ccccn2)c1. The van der Waals surface area contributed by atoms with Crippen LogP contribution >= 0.6 is 0 Å². The molecule has 0 spiro atoms. The lowest BCUT2D eigenvalue weighted by Crippen LogP contribution is -2.29. The molecule has 43 heavy (non-hydrogen) atoms. The molecule has 0 atom stereocenters. The van der Waals surface area contributed by atoms with Gasteiger partial charge in [0.15, 0.2) is 0 Å². The average Bonchev–Trinajstić information content (AvgIpc) is 3.05. The molecule has 0 amide bonds. The Hall–Kier alpha value is -4.46. The fourth-order valence-electron chi connectivity index (χ4n) is 5.26. The molecule has 0 bridgehead atoms. The first-order valence-electron chi connectivity index (χ1n) is 15.1. The number of rotatable bonds is 16. The molecule has 4 heterocycles. The van der Waals surface area contributed by atoms with Crippen LogP contribution in [0.2, 0.25) is 0 Å². The number of benzene rings is 1. The van der Waals surface area contributed by atoms with Crippen LogP contribution in [0, 0.1) is 0 Å². The molecule has 0 aliphatic heterocycles. The highest BCUT2D eigenvalue weighted by molar-refractivity contribution is 5.33. The summed E-state index contributed by atoms with van der Waals surface area (Å²) in [6.45, 7) is 4.96. The largest absolute Gasteiger partial charge is 0.508 e. The summed E-state index contributed by atoms with van der Waals surface area (Å²) in [4.78, 5) is 23.0. The van der Waals surface area contributed by atoms with E-state index >= 15 is 0 Å². The number of hydrogen-bond acceptors (Lipinski definition) is 7. The molecular weight excluding hydrogens is 532 g/mol. The van der Waals surface area contributed by atoms with E-state index in [1.807, 2.05) is 85.5 Å². The van der Waals surface area contributed by atoms with Gasteiger partial charge in [-0.15, -0.1) is 0 Å². The zero-order chi connectivity index (χ0) is 29.5. The summed E-state index contributed by atoms with van der Waals surface area (Å²) in [7, 11) is 0. The van der Waals surface area contributed by atoms with Crippen LogP contribution in [0.15, 0.2) is 116 Å². The van der Waals surface area contributed by atoms with Gasteiger partial charge in [-0.25, -0.2) is 0 Å². The highest BCUT2D eigenvalue weighted by Gasteiger charge is 2.13. The van der Waals surface area contributed by atoms with Crippen LogP contribution < -0.4 is 0 Å². The van der Waals surface area contributed by atoms with Gasteiger partial charge in [-0.05, 0) is 71.8 Å². The summed E-state index contributed by atoms with van der Waals surface area (Å²) in [5.74, 6) is 0.302. The van der Waals surface area contributed by atoms with E-state index in [2.05, 4.69) is 60.1 Å². The molecule has 5 aromatic rings. The van der Waals surface area contributed by atoms with Crippen LogP contribution in [0.4, 0.5) is 0 Å². The lowest BCUT2D eigenvalue weighted by molar-refractivity contribution is 0.265. The Morgan fingerprint density at radius 2 is 0.767 bits per heavy atom. The Labute approximate surface area is 255 Å². The molecule has 7 heteroatoms. The molecule has 0 saturated heterocycles. The Morgan fingerprint density at radius 1 is 0.442 bits per heavy atom. The van der Waals surface area contributed by atoms with E-state index in [1.54, 1.807) is 0 Å². The molecule has 0 unspecified atom stereocenters. The van der Waals surface area contributed by atoms with E-state index in [4.69, 9.17) is 0 Å². The zero-order valence-electron chi connectivity index (χ0n) is 24.7. The van der Waals surface area contributed by atoms with Crippen molar-refractivity contribution < 1.29 is 5.11 Å². The highest BCUT2D eigenvalue weighted by atomic mass is 16.3. The van der Waals surface area contributed by atoms with Gasteiger partial charge < -0.3 is 5.11 Å². The maximum Gasteiger partial charge on any atom is 0.116 e. The van der Waals surface area contributed by atoms with E-state index in [0.29, 0.717) is 5.75 Å². The van der Waals surface area contributed by atoms with Crippen molar-refractivity contribution >= 4 is 0 Å². The maximum absolute atomic E-state index is 10.8. The summed E-state index contributed by atoms with van der Waals surface area (Å²) < 4.78 is 0. The quantitative estimate of drug-likeness (QED) is 0.166. The number of aromatic nitrogens is 4. The zero-order valence-corrected chi connectivity index (χ0v) is 24.7. The third-order valence-electron chi connectivity index (χ3n) is 7.49. The smallest absolute Gasteiger partial charge is 0.116 e. The lowest BCUT2D eigenvalue weighted by atomic mass is 10.1. The predicted octanol–water partition coefficient (Wildman–Crippen LogP) is 5.55. The second-order valence-electron chi connectivity index (χ2n) is 10.8. The molecule has 1 aromatic carbocycles. The summed E-state index contributed by atoms with van der Waals surface area (Å²) >= 11 is 0. The molecule has 7 nitrogen and oxygen atoms in total. The summed E-state index contributed by atoms with van der Waals surface area (Å²) in [5, 5.41) is 10.8. The van der Waals surface area contributed by atoms with Crippen molar-refractivity contribution in [3.05, 3.63) is 150 Å². The fraction of sp³-hybridized carbons (Fsp3) is 0.278. The molecule has 0 saturated carbocycles. The van der Waals surface area contributed by atoms with Gasteiger partial charge in [0.1, 0.15) is 5.75 Å². The Kier molecular flexibility index (Phi) is 11.3. The topological polar surface area (TPSA) is 78.3 Å². The summed E-state index contributed by atoms with van der Waals surface area (Å²) in [6, 6.07) is 30.3. The molecule has 0 aliphatic carbocycles. The number of hydrogen-bond donors (Lipinski definition) is 1. The van der Waals surface area contributed by atoms with Gasteiger partial charge in [0.2, 0.25) is 0 Å². The molecule has 220 valence electrons. The average molecular weight is 573 g/mol. The lowest BCUT2D eigenvalue weighted by Gasteiger charge is -2.24. The van der Waals surface area contributed by atoms with Crippen molar-refractivity contribution in [1.29, 1.82) is 0 Å². The van der Waals surface area contributed by atoms with Gasteiger partial charge in [0.25, 0.3) is 0 Å². The van der Waals surface area contributed by atoms with Gasteiger partial charge in [0, 0.05) is 113 Å². The first-order chi connectivity index (χ1) is 21.2. The fourth-order valence-corrected chi connectivity index (χ4v) is 5.26. The number of aromatic hydroxyl groups is 1. The number of phenols is 1. The maximum atomic E-state index is 10.8. The van der Waals surface area contributed by atoms with Gasteiger partial charge >= 0.3 is 0 Å². The van der Waals surface area contributed by atoms with Crippen molar-refractivity contribution in [2.45, 2.75) is 38.8 Å². The van der Waals surface area contributed by atoms with Crippen LogP contribution in [-0.2, 0) is 38.8 Å². The van der Waals surface area contributed by atoms with E-state index in [0.717, 1.165) is 98.9 Å². The minimum absolute atomic E-state index is 0.302. The molecule has 0 fully saturated rings. The van der Waals surface area contributed by atoms with Crippen LogP contribution in [0.1, 0.15) is 33.9 Å². The minimum atomic E-state index is 0.302. The molecule has 0 radical (unpaired) electrons. The molecular formula is C36H40N6O.